The number of fused-ring (bicyclic) bond motifs is 1. The van der Waals surface area contributed by atoms with Crippen LogP contribution in [0, 0.1) is 23.5 Å². The van der Waals surface area contributed by atoms with Gasteiger partial charge in [0.2, 0.25) is 0 Å². The predicted octanol–water partition coefficient (Wildman–Crippen LogP) is 6.91. The lowest BCUT2D eigenvalue weighted by Crippen LogP contribution is -2.42. The highest BCUT2D eigenvalue weighted by Crippen LogP contribution is 2.36. The van der Waals surface area contributed by atoms with Crippen LogP contribution in [0.25, 0.3) is 10.9 Å². The van der Waals surface area contributed by atoms with Crippen LogP contribution in [-0.4, -0.2) is 53.5 Å². The Morgan fingerprint density at radius 2 is 2.08 bits per heavy atom. The fraction of sp³-hybridized carbons (Fsp3) is 0.448. The molecule has 0 unspecified atom stereocenters. The molecule has 0 radical (unpaired) electrons. The van der Waals surface area contributed by atoms with Gasteiger partial charge in [0.1, 0.15) is 11.9 Å². The van der Waals surface area contributed by atoms with Crippen LogP contribution in [0.5, 0.6) is 5.75 Å². The van der Waals surface area contributed by atoms with Crippen LogP contribution in [0.2, 0.25) is 0 Å². The zero-order valence-electron chi connectivity index (χ0n) is 21.4. The number of aliphatic carboxylic acids is 1. The lowest BCUT2D eigenvalue weighted by molar-refractivity contribution is -0.139. The Bertz CT molecular complexity index is 1240. The molecule has 0 spiro atoms. The van der Waals surface area contributed by atoms with Crippen molar-refractivity contribution in [1.29, 1.82) is 0 Å². The summed E-state index contributed by atoms with van der Waals surface area (Å²) >= 11 is 1.28. The molecule has 0 aliphatic carbocycles. The number of aromatic nitrogens is 1. The Labute approximate surface area is 225 Å². The molecule has 9 heteroatoms. The molecule has 0 saturated carbocycles. The number of alkyl halides is 1. The van der Waals surface area contributed by atoms with Crippen molar-refractivity contribution in [2.24, 2.45) is 11.8 Å². The molecule has 1 fully saturated rings. The first-order chi connectivity index (χ1) is 18.4. The van der Waals surface area contributed by atoms with E-state index in [0.717, 1.165) is 37.4 Å². The van der Waals surface area contributed by atoms with E-state index in [-0.39, 0.29) is 18.3 Å². The van der Waals surface area contributed by atoms with Crippen molar-refractivity contribution in [2.75, 3.05) is 32.5 Å². The quantitative estimate of drug-likeness (QED) is 0.197. The van der Waals surface area contributed by atoms with E-state index in [2.05, 4.69) is 9.88 Å². The third-order valence-corrected chi connectivity index (χ3v) is 8.43. The van der Waals surface area contributed by atoms with Crippen LogP contribution in [-0.2, 0) is 4.79 Å². The summed E-state index contributed by atoms with van der Waals surface area (Å²) in [6.07, 6.45) is 2.98. The van der Waals surface area contributed by atoms with Gasteiger partial charge in [-0.1, -0.05) is 6.07 Å². The average Bonchev–Trinajstić information content (AvgIpc) is 2.91. The number of likely N-dealkylation sites (tertiary alicyclic amines) is 1. The highest BCUT2D eigenvalue weighted by atomic mass is 32.2. The summed E-state index contributed by atoms with van der Waals surface area (Å²) in [6, 6.07) is 11.3. The number of carboxylic acids is 1. The summed E-state index contributed by atoms with van der Waals surface area (Å²) < 4.78 is 48.0. The molecule has 2 aromatic carbocycles. The second-order valence-electron chi connectivity index (χ2n) is 9.79. The Kier molecular flexibility index (Phi) is 9.91. The zero-order chi connectivity index (χ0) is 27.1. The van der Waals surface area contributed by atoms with Crippen LogP contribution in [0.4, 0.5) is 13.2 Å². The molecular weight excluding hydrogens is 513 g/mol. The summed E-state index contributed by atoms with van der Waals surface area (Å²) in [4.78, 5) is 18.4. The number of piperidine rings is 1. The summed E-state index contributed by atoms with van der Waals surface area (Å²) in [7, 11) is 1.57. The van der Waals surface area contributed by atoms with E-state index in [1.807, 2.05) is 6.07 Å². The standard InChI is InChI=1S/C29H33F3N2O3S/c1-37-21-7-9-26-23(17-21)22(10-12-33-26)24(30)8-6-19-11-14-34(18-20(19)16-28(35)36)13-3-15-38-27-5-2-4-25(31)29(27)32/h2,4-5,7,9-10,12,17,19-20,24H,3,6,8,11,13-16,18H2,1H3,(H,35,36)/t19-,20+,24+/m1/s1. The van der Waals surface area contributed by atoms with E-state index in [4.69, 9.17) is 4.74 Å². The number of thioether (sulfide) groups is 1. The number of benzene rings is 2. The number of pyridine rings is 1. The van der Waals surface area contributed by atoms with Gasteiger partial charge in [0, 0.05) is 29.4 Å². The van der Waals surface area contributed by atoms with Crippen molar-refractivity contribution in [3.63, 3.8) is 0 Å². The van der Waals surface area contributed by atoms with Gasteiger partial charge in [0.25, 0.3) is 0 Å². The number of nitrogens with zero attached hydrogens (tertiary/aromatic N) is 2. The van der Waals surface area contributed by atoms with Gasteiger partial charge in [-0.15, -0.1) is 11.8 Å². The van der Waals surface area contributed by atoms with Gasteiger partial charge >= 0.3 is 5.97 Å². The van der Waals surface area contributed by atoms with Crippen molar-refractivity contribution in [3.8, 4) is 5.75 Å². The second kappa shape index (κ2) is 13.3. The largest absolute Gasteiger partial charge is 0.497 e. The normalized spacial score (nSPS) is 18.9. The van der Waals surface area contributed by atoms with Crippen LogP contribution in [0.15, 0.2) is 53.6 Å². The van der Waals surface area contributed by atoms with Crippen LogP contribution < -0.4 is 4.74 Å². The molecule has 3 atom stereocenters. The number of carbonyl (C=O) groups is 1. The van der Waals surface area contributed by atoms with E-state index in [1.165, 1.54) is 17.8 Å². The van der Waals surface area contributed by atoms with E-state index in [1.54, 1.807) is 37.6 Å². The smallest absolute Gasteiger partial charge is 0.303 e. The highest BCUT2D eigenvalue weighted by Gasteiger charge is 2.31. The van der Waals surface area contributed by atoms with Gasteiger partial charge in [-0.2, -0.15) is 0 Å². The highest BCUT2D eigenvalue weighted by molar-refractivity contribution is 7.99. The van der Waals surface area contributed by atoms with Crippen molar-refractivity contribution in [1.82, 2.24) is 9.88 Å². The van der Waals surface area contributed by atoms with Crippen molar-refractivity contribution in [3.05, 3.63) is 65.9 Å². The molecule has 1 aliphatic heterocycles. The molecule has 0 amide bonds. The topological polar surface area (TPSA) is 62.7 Å². The summed E-state index contributed by atoms with van der Waals surface area (Å²) in [6.45, 7) is 2.21. The lowest BCUT2D eigenvalue weighted by atomic mass is 9.79. The Balaban J connectivity index is 1.31. The van der Waals surface area contributed by atoms with Gasteiger partial charge in [0.15, 0.2) is 11.6 Å². The number of hydrogen-bond acceptors (Lipinski definition) is 5. The predicted molar refractivity (Wildman–Crippen MR) is 143 cm³/mol. The van der Waals surface area contributed by atoms with Crippen LogP contribution in [0.3, 0.4) is 0 Å². The minimum atomic E-state index is -1.18. The van der Waals surface area contributed by atoms with Crippen molar-refractivity contribution < 1.29 is 27.8 Å². The Morgan fingerprint density at radius 1 is 1.24 bits per heavy atom. The lowest BCUT2D eigenvalue weighted by Gasteiger charge is -2.38. The van der Waals surface area contributed by atoms with Gasteiger partial charge in [-0.05, 0) is 98.3 Å². The van der Waals surface area contributed by atoms with Gasteiger partial charge < -0.3 is 14.7 Å². The van der Waals surface area contributed by atoms with E-state index >= 15 is 4.39 Å². The second-order valence-corrected chi connectivity index (χ2v) is 10.9. The molecule has 0 bridgehead atoms. The van der Waals surface area contributed by atoms with Crippen molar-refractivity contribution >= 4 is 28.6 Å². The number of methoxy groups -OCH3 is 1. The zero-order valence-corrected chi connectivity index (χ0v) is 22.2. The molecule has 5 nitrogen and oxygen atoms in total. The summed E-state index contributed by atoms with van der Waals surface area (Å²) in [5.41, 5.74) is 1.29. The van der Waals surface area contributed by atoms with Gasteiger partial charge in [-0.3, -0.25) is 9.78 Å². The molecule has 1 saturated heterocycles. The fourth-order valence-electron chi connectivity index (χ4n) is 5.32. The first-order valence-electron chi connectivity index (χ1n) is 12.9. The third kappa shape index (κ3) is 7.20. The van der Waals surface area contributed by atoms with E-state index in [0.29, 0.717) is 46.9 Å². The molecule has 3 aromatic rings. The Hall–Kier alpha value is -2.78. The minimum absolute atomic E-state index is 0.0523. The Morgan fingerprint density at radius 3 is 2.87 bits per heavy atom. The SMILES string of the molecule is COc1ccc2nccc([C@@H](F)CC[C@@H]3CCN(CCCSc4cccc(F)c4F)C[C@@H]3CC(=O)O)c2c1. The molecule has 4 rings (SSSR count). The van der Waals surface area contributed by atoms with E-state index < -0.39 is 23.8 Å². The number of ether oxygens (including phenoxy) is 1. The number of rotatable bonds is 12. The first kappa shape index (κ1) is 28.2. The maximum atomic E-state index is 15.5. The molecular formula is C29H33F3N2O3S. The van der Waals surface area contributed by atoms with Gasteiger partial charge in [0.05, 0.1) is 12.6 Å². The summed E-state index contributed by atoms with van der Waals surface area (Å²) in [5, 5.41) is 10.2. The minimum Gasteiger partial charge on any atom is -0.497 e. The molecule has 1 N–H and O–H groups in total. The first-order valence-corrected chi connectivity index (χ1v) is 13.9. The van der Waals surface area contributed by atoms with Gasteiger partial charge in [-0.25, -0.2) is 13.2 Å². The van der Waals surface area contributed by atoms with Crippen molar-refractivity contribution in [2.45, 2.75) is 43.2 Å². The fourth-order valence-corrected chi connectivity index (χ4v) is 6.22. The maximum absolute atomic E-state index is 15.5. The summed E-state index contributed by atoms with van der Waals surface area (Å²) in [5.74, 6) is -1.16. The maximum Gasteiger partial charge on any atom is 0.303 e. The monoisotopic (exact) mass is 546 g/mol. The third-order valence-electron chi connectivity index (χ3n) is 7.32. The number of halogens is 3. The molecule has 204 valence electrons. The van der Waals surface area contributed by atoms with E-state index in [9.17, 15) is 18.7 Å². The number of carboxylic acid groups (broad SMARTS) is 1. The molecule has 1 aromatic heterocycles. The molecule has 2 heterocycles. The molecule has 38 heavy (non-hydrogen) atoms. The number of hydrogen-bond donors (Lipinski definition) is 1. The van der Waals surface area contributed by atoms with Crippen LogP contribution >= 0.6 is 11.8 Å². The average molecular weight is 547 g/mol. The molecule has 1 aliphatic rings. The van der Waals surface area contributed by atoms with Crippen LogP contribution in [0.1, 0.15) is 43.8 Å².